The van der Waals surface area contributed by atoms with Crippen molar-refractivity contribution in [1.82, 2.24) is 10.6 Å². The number of carboxylic acid groups (broad SMARTS) is 1. The fraction of sp³-hybridized carbons (Fsp3) is 0.850. The summed E-state index contributed by atoms with van der Waals surface area (Å²) in [6.45, 7) is 3.58. The fourth-order valence-corrected chi connectivity index (χ4v) is 4.22. The molecule has 2 rings (SSSR count). The van der Waals surface area contributed by atoms with Gasteiger partial charge in [0.25, 0.3) is 0 Å². The molecule has 6 nitrogen and oxygen atoms in total. The third-order valence-electron chi connectivity index (χ3n) is 5.89. The Morgan fingerprint density at radius 3 is 2.12 bits per heavy atom. The Morgan fingerprint density at radius 2 is 1.58 bits per heavy atom. The first-order chi connectivity index (χ1) is 12.4. The van der Waals surface area contributed by atoms with E-state index in [1.165, 1.54) is 32.1 Å². The lowest BCUT2D eigenvalue weighted by molar-refractivity contribution is -0.144. The minimum absolute atomic E-state index is 0.146. The molecular weight excluding hydrogens is 332 g/mol. The molecular formula is C20H34N2O4. The Bertz CT molecular complexity index is 492. The summed E-state index contributed by atoms with van der Waals surface area (Å²) >= 11 is 0. The van der Waals surface area contributed by atoms with Crippen LogP contribution in [0.4, 0.5) is 0 Å². The van der Waals surface area contributed by atoms with Gasteiger partial charge >= 0.3 is 5.97 Å². The second kappa shape index (κ2) is 9.93. The highest BCUT2D eigenvalue weighted by Crippen LogP contribution is 2.28. The smallest absolute Gasteiger partial charge is 0.326 e. The molecule has 2 amide bonds. The number of carbonyl (C=O) groups is 3. The summed E-state index contributed by atoms with van der Waals surface area (Å²) in [5.74, 6) is -0.769. The molecule has 0 unspecified atom stereocenters. The Balaban J connectivity index is 1.71. The molecule has 0 aromatic heterocycles. The highest BCUT2D eigenvalue weighted by atomic mass is 16.4. The van der Waals surface area contributed by atoms with Gasteiger partial charge in [-0.05, 0) is 50.4 Å². The van der Waals surface area contributed by atoms with Crippen molar-refractivity contribution in [3.8, 4) is 0 Å². The summed E-state index contributed by atoms with van der Waals surface area (Å²) in [4.78, 5) is 35.8. The lowest BCUT2D eigenvalue weighted by Gasteiger charge is -2.30. The van der Waals surface area contributed by atoms with E-state index >= 15 is 0 Å². The topological polar surface area (TPSA) is 95.5 Å². The standard InChI is InChI=1S/C20H34N2O4/c1-13(2)18(20(25)26)22-19(24)15-8-10-16(11-9-15)21-17(23)12-14-6-4-3-5-7-14/h13-16,18H,3-12H2,1-2H3,(H,21,23)(H,22,24)(H,25,26)/t15?,16?,18-/m1/s1. The lowest BCUT2D eigenvalue weighted by atomic mass is 9.84. The summed E-state index contributed by atoms with van der Waals surface area (Å²) < 4.78 is 0. The third-order valence-corrected chi connectivity index (χ3v) is 5.89. The zero-order valence-electron chi connectivity index (χ0n) is 16.1. The van der Waals surface area contributed by atoms with Crippen molar-refractivity contribution in [2.45, 2.75) is 90.1 Å². The van der Waals surface area contributed by atoms with Gasteiger partial charge in [0.2, 0.25) is 11.8 Å². The van der Waals surface area contributed by atoms with Crippen molar-refractivity contribution in [3.05, 3.63) is 0 Å². The SMILES string of the molecule is CC(C)[C@@H](NC(=O)C1CCC(NC(=O)CC2CCCCC2)CC1)C(=O)O. The van der Waals surface area contributed by atoms with Crippen LogP contribution in [0.5, 0.6) is 0 Å². The molecule has 2 aliphatic rings. The molecule has 2 aliphatic carbocycles. The molecule has 0 spiro atoms. The van der Waals surface area contributed by atoms with E-state index in [9.17, 15) is 19.5 Å². The molecule has 0 aromatic carbocycles. The minimum atomic E-state index is -0.989. The Kier molecular flexibility index (Phi) is 7.91. The Labute approximate surface area is 156 Å². The van der Waals surface area contributed by atoms with Gasteiger partial charge in [-0.2, -0.15) is 0 Å². The average Bonchev–Trinajstić information content (AvgIpc) is 2.60. The lowest BCUT2D eigenvalue weighted by Crippen LogP contribution is -2.48. The number of carbonyl (C=O) groups excluding carboxylic acids is 2. The van der Waals surface area contributed by atoms with Gasteiger partial charge in [-0.1, -0.05) is 33.1 Å². The van der Waals surface area contributed by atoms with Crippen LogP contribution in [0, 0.1) is 17.8 Å². The van der Waals surface area contributed by atoms with Gasteiger partial charge in [0.1, 0.15) is 6.04 Å². The highest BCUT2D eigenvalue weighted by Gasteiger charge is 2.31. The second-order valence-electron chi connectivity index (χ2n) is 8.39. The number of amides is 2. The molecule has 0 bridgehead atoms. The van der Waals surface area contributed by atoms with Crippen molar-refractivity contribution < 1.29 is 19.5 Å². The van der Waals surface area contributed by atoms with Gasteiger partial charge in [-0.25, -0.2) is 4.79 Å². The molecule has 1 atom stereocenters. The Morgan fingerprint density at radius 1 is 0.962 bits per heavy atom. The van der Waals surface area contributed by atoms with E-state index in [2.05, 4.69) is 10.6 Å². The molecule has 3 N–H and O–H groups in total. The van der Waals surface area contributed by atoms with Gasteiger partial charge in [-0.15, -0.1) is 0 Å². The number of hydrogen-bond donors (Lipinski definition) is 3. The van der Waals surface area contributed by atoms with Crippen LogP contribution in [0.15, 0.2) is 0 Å². The zero-order chi connectivity index (χ0) is 19.1. The molecule has 0 heterocycles. The van der Waals surface area contributed by atoms with Crippen molar-refractivity contribution in [2.75, 3.05) is 0 Å². The molecule has 2 fully saturated rings. The summed E-state index contributed by atoms with van der Waals surface area (Å²) in [5, 5.41) is 15.0. The normalized spacial score (nSPS) is 25.5. The summed E-state index contributed by atoms with van der Waals surface area (Å²) in [5.41, 5.74) is 0. The largest absolute Gasteiger partial charge is 0.480 e. The molecule has 0 aromatic rings. The highest BCUT2D eigenvalue weighted by molar-refractivity contribution is 5.85. The summed E-state index contributed by atoms with van der Waals surface area (Å²) in [6.07, 6.45) is 9.72. The van der Waals surface area contributed by atoms with E-state index in [4.69, 9.17) is 0 Å². The van der Waals surface area contributed by atoms with Gasteiger partial charge in [0.15, 0.2) is 0 Å². The minimum Gasteiger partial charge on any atom is -0.480 e. The van der Waals surface area contributed by atoms with Crippen LogP contribution in [-0.2, 0) is 14.4 Å². The first-order valence-electron chi connectivity index (χ1n) is 10.2. The molecule has 0 aliphatic heterocycles. The molecule has 2 saturated carbocycles. The van der Waals surface area contributed by atoms with Crippen LogP contribution >= 0.6 is 0 Å². The van der Waals surface area contributed by atoms with Crippen LogP contribution in [-0.4, -0.2) is 35.0 Å². The van der Waals surface area contributed by atoms with Crippen molar-refractivity contribution in [1.29, 1.82) is 0 Å². The molecule has 148 valence electrons. The van der Waals surface area contributed by atoms with Gasteiger partial charge < -0.3 is 15.7 Å². The number of nitrogens with one attached hydrogen (secondary N) is 2. The average molecular weight is 367 g/mol. The van der Waals surface area contributed by atoms with E-state index in [-0.39, 0.29) is 29.7 Å². The van der Waals surface area contributed by atoms with E-state index in [1.54, 1.807) is 13.8 Å². The van der Waals surface area contributed by atoms with Crippen molar-refractivity contribution >= 4 is 17.8 Å². The first kappa shape index (κ1) is 20.7. The van der Waals surface area contributed by atoms with Gasteiger partial charge in [0, 0.05) is 18.4 Å². The van der Waals surface area contributed by atoms with Crippen LogP contribution in [0.2, 0.25) is 0 Å². The quantitative estimate of drug-likeness (QED) is 0.645. The molecule has 26 heavy (non-hydrogen) atoms. The number of aliphatic carboxylic acids is 1. The number of hydrogen-bond acceptors (Lipinski definition) is 3. The van der Waals surface area contributed by atoms with Gasteiger partial charge in [0.05, 0.1) is 0 Å². The van der Waals surface area contributed by atoms with Crippen LogP contribution in [0.3, 0.4) is 0 Å². The van der Waals surface area contributed by atoms with E-state index in [0.717, 1.165) is 12.8 Å². The first-order valence-corrected chi connectivity index (χ1v) is 10.2. The van der Waals surface area contributed by atoms with E-state index in [1.807, 2.05) is 0 Å². The second-order valence-corrected chi connectivity index (χ2v) is 8.39. The summed E-state index contributed by atoms with van der Waals surface area (Å²) in [6, 6.07) is -0.689. The molecule has 0 radical (unpaired) electrons. The Hall–Kier alpha value is -1.59. The van der Waals surface area contributed by atoms with Crippen LogP contribution < -0.4 is 10.6 Å². The van der Waals surface area contributed by atoms with Crippen molar-refractivity contribution in [3.63, 3.8) is 0 Å². The van der Waals surface area contributed by atoms with E-state index in [0.29, 0.717) is 25.2 Å². The predicted molar refractivity (Wildman–Crippen MR) is 99.5 cm³/mol. The maximum atomic E-state index is 12.3. The molecule has 0 saturated heterocycles. The van der Waals surface area contributed by atoms with Crippen molar-refractivity contribution in [2.24, 2.45) is 17.8 Å². The molecule has 6 heteroatoms. The summed E-state index contributed by atoms with van der Waals surface area (Å²) in [7, 11) is 0. The van der Waals surface area contributed by atoms with Gasteiger partial charge in [-0.3, -0.25) is 9.59 Å². The monoisotopic (exact) mass is 366 g/mol. The van der Waals surface area contributed by atoms with E-state index < -0.39 is 12.0 Å². The predicted octanol–water partition coefficient (Wildman–Crippen LogP) is 2.86. The maximum absolute atomic E-state index is 12.3. The number of carboxylic acids is 1. The van der Waals surface area contributed by atoms with Crippen LogP contribution in [0.1, 0.15) is 78.1 Å². The zero-order valence-corrected chi connectivity index (χ0v) is 16.1. The number of rotatable bonds is 7. The maximum Gasteiger partial charge on any atom is 0.326 e. The third kappa shape index (κ3) is 6.29. The van der Waals surface area contributed by atoms with Crippen LogP contribution in [0.25, 0.3) is 0 Å². The fourth-order valence-electron chi connectivity index (χ4n) is 4.22.